The van der Waals surface area contributed by atoms with Gasteiger partial charge in [0, 0.05) is 6.54 Å². The molecular weight excluding hydrogens is 186 g/mol. The van der Waals surface area contributed by atoms with Gasteiger partial charge in [0.1, 0.15) is 0 Å². The number of hydrogen-bond acceptors (Lipinski definition) is 2. The second-order valence-corrected chi connectivity index (χ2v) is 5.09. The second-order valence-electron chi connectivity index (χ2n) is 3.08. The first-order valence-corrected chi connectivity index (χ1v) is 5.86. The molecule has 0 spiro atoms. The van der Waals surface area contributed by atoms with Crippen LogP contribution < -0.4 is 4.31 Å². The molecule has 0 atom stereocenters. The van der Waals surface area contributed by atoms with E-state index in [1.54, 1.807) is 0 Å². The fourth-order valence-electron chi connectivity index (χ4n) is 1.52. The Morgan fingerprint density at radius 2 is 1.85 bits per heavy atom. The van der Waals surface area contributed by atoms with E-state index in [9.17, 15) is 8.42 Å². The minimum atomic E-state index is -3.01. The Bertz CT molecular complexity index is 385. The minimum Gasteiger partial charge on any atom is -0.270 e. The van der Waals surface area contributed by atoms with Gasteiger partial charge in [-0.15, -0.1) is 0 Å². The van der Waals surface area contributed by atoms with Crippen LogP contribution in [-0.4, -0.2) is 20.7 Å². The summed E-state index contributed by atoms with van der Waals surface area (Å²) in [5.41, 5.74) is 0.778. The molecule has 0 saturated carbocycles. The van der Waals surface area contributed by atoms with Gasteiger partial charge in [-0.25, -0.2) is 8.42 Å². The zero-order chi connectivity index (χ0) is 9.31. The first kappa shape index (κ1) is 8.56. The van der Waals surface area contributed by atoms with Crippen LogP contribution in [0.15, 0.2) is 30.3 Å². The number of anilines is 1. The lowest BCUT2D eigenvalue weighted by atomic mass is 10.3. The number of para-hydroxylation sites is 1. The van der Waals surface area contributed by atoms with Gasteiger partial charge in [-0.05, 0) is 18.6 Å². The zero-order valence-corrected chi connectivity index (χ0v) is 8.00. The van der Waals surface area contributed by atoms with Crippen molar-refractivity contribution < 1.29 is 8.42 Å². The minimum absolute atomic E-state index is 0.280. The molecule has 4 heteroatoms. The molecule has 1 aliphatic rings. The predicted molar refractivity (Wildman–Crippen MR) is 52.2 cm³/mol. The first-order valence-electron chi connectivity index (χ1n) is 4.26. The number of sulfonamides is 1. The maximum Gasteiger partial charge on any atom is 0.235 e. The molecule has 1 fully saturated rings. The lowest BCUT2D eigenvalue weighted by Gasteiger charge is -2.15. The summed E-state index contributed by atoms with van der Waals surface area (Å²) in [6, 6.07) is 9.23. The first-order chi connectivity index (χ1) is 6.20. The number of nitrogens with zero attached hydrogens (tertiary/aromatic N) is 1. The van der Waals surface area contributed by atoms with E-state index in [0.29, 0.717) is 6.54 Å². The lowest BCUT2D eigenvalue weighted by Crippen LogP contribution is -2.24. The smallest absolute Gasteiger partial charge is 0.235 e. The third-order valence-corrected chi connectivity index (χ3v) is 4.01. The summed E-state index contributed by atoms with van der Waals surface area (Å²) in [4.78, 5) is 0. The number of hydrogen-bond donors (Lipinski definition) is 0. The van der Waals surface area contributed by atoms with Gasteiger partial charge in [-0.2, -0.15) is 0 Å². The molecule has 70 valence electrons. The Labute approximate surface area is 78.0 Å². The van der Waals surface area contributed by atoms with Gasteiger partial charge in [-0.1, -0.05) is 18.2 Å². The summed E-state index contributed by atoms with van der Waals surface area (Å²) in [6.45, 7) is 0.617. The fraction of sp³-hybridized carbons (Fsp3) is 0.333. The summed E-state index contributed by atoms with van der Waals surface area (Å²) < 4.78 is 24.5. The van der Waals surface area contributed by atoms with Crippen LogP contribution >= 0.6 is 0 Å². The average Bonchev–Trinajstić information content (AvgIpc) is 2.47. The Hall–Kier alpha value is -1.03. The van der Waals surface area contributed by atoms with Crippen LogP contribution in [-0.2, 0) is 10.0 Å². The number of benzene rings is 1. The van der Waals surface area contributed by atoms with E-state index in [2.05, 4.69) is 0 Å². The predicted octanol–water partition coefficient (Wildman–Crippen LogP) is 1.23. The summed E-state index contributed by atoms with van der Waals surface area (Å²) in [5.74, 6) is 0.280. The van der Waals surface area contributed by atoms with E-state index in [4.69, 9.17) is 0 Å². The largest absolute Gasteiger partial charge is 0.270 e. The molecule has 1 heterocycles. The van der Waals surface area contributed by atoms with Crippen molar-refractivity contribution in [3.05, 3.63) is 30.3 Å². The quantitative estimate of drug-likeness (QED) is 0.679. The Morgan fingerprint density at radius 1 is 1.15 bits per heavy atom. The molecule has 13 heavy (non-hydrogen) atoms. The van der Waals surface area contributed by atoms with Crippen LogP contribution in [0.3, 0.4) is 0 Å². The molecule has 2 rings (SSSR count). The zero-order valence-electron chi connectivity index (χ0n) is 7.18. The van der Waals surface area contributed by atoms with Gasteiger partial charge in [0.2, 0.25) is 10.0 Å². The van der Waals surface area contributed by atoms with E-state index in [1.165, 1.54) is 4.31 Å². The van der Waals surface area contributed by atoms with Crippen LogP contribution in [0, 0.1) is 0 Å². The molecule has 0 aromatic heterocycles. The van der Waals surface area contributed by atoms with E-state index in [0.717, 1.165) is 12.1 Å². The lowest BCUT2D eigenvalue weighted by molar-refractivity contribution is 0.599. The van der Waals surface area contributed by atoms with E-state index in [1.807, 2.05) is 30.3 Å². The van der Waals surface area contributed by atoms with E-state index < -0.39 is 10.0 Å². The van der Waals surface area contributed by atoms with Crippen LogP contribution in [0.1, 0.15) is 6.42 Å². The van der Waals surface area contributed by atoms with Crippen molar-refractivity contribution in [3.63, 3.8) is 0 Å². The van der Waals surface area contributed by atoms with Crippen LogP contribution in [0.2, 0.25) is 0 Å². The second kappa shape index (κ2) is 3.03. The van der Waals surface area contributed by atoms with Crippen LogP contribution in [0.4, 0.5) is 5.69 Å². The topological polar surface area (TPSA) is 37.4 Å². The van der Waals surface area contributed by atoms with Crippen molar-refractivity contribution in [2.75, 3.05) is 16.6 Å². The molecule has 1 aromatic carbocycles. The Morgan fingerprint density at radius 3 is 2.38 bits per heavy atom. The molecule has 0 N–H and O–H groups in total. The van der Waals surface area contributed by atoms with Crippen molar-refractivity contribution in [1.29, 1.82) is 0 Å². The molecule has 1 aromatic rings. The van der Waals surface area contributed by atoms with Crippen molar-refractivity contribution in [2.24, 2.45) is 0 Å². The van der Waals surface area contributed by atoms with Gasteiger partial charge < -0.3 is 0 Å². The van der Waals surface area contributed by atoms with Gasteiger partial charge in [-0.3, -0.25) is 4.31 Å². The Balaban J connectivity index is 2.38. The fourth-order valence-corrected chi connectivity index (χ4v) is 3.09. The normalized spacial score (nSPS) is 20.5. The molecule has 1 saturated heterocycles. The highest BCUT2D eigenvalue weighted by Crippen LogP contribution is 2.22. The third kappa shape index (κ3) is 1.54. The molecule has 0 unspecified atom stereocenters. The van der Waals surface area contributed by atoms with Crippen LogP contribution in [0.5, 0.6) is 0 Å². The maximum absolute atomic E-state index is 11.5. The van der Waals surface area contributed by atoms with Crippen molar-refractivity contribution in [3.8, 4) is 0 Å². The Kier molecular flexibility index (Phi) is 2.00. The molecule has 0 bridgehead atoms. The highest BCUT2D eigenvalue weighted by Gasteiger charge is 2.27. The highest BCUT2D eigenvalue weighted by atomic mass is 32.2. The average molecular weight is 197 g/mol. The van der Waals surface area contributed by atoms with Gasteiger partial charge in [0.25, 0.3) is 0 Å². The van der Waals surface area contributed by atoms with Gasteiger partial charge in [0.05, 0.1) is 11.4 Å². The van der Waals surface area contributed by atoms with Crippen LogP contribution in [0.25, 0.3) is 0 Å². The van der Waals surface area contributed by atoms with Gasteiger partial charge in [0.15, 0.2) is 0 Å². The summed E-state index contributed by atoms with van der Waals surface area (Å²) in [5, 5.41) is 0. The summed E-state index contributed by atoms with van der Waals surface area (Å²) >= 11 is 0. The molecule has 3 nitrogen and oxygen atoms in total. The standard InChI is InChI=1S/C9H11NO2S/c11-13(12)8-4-7-10(13)9-5-2-1-3-6-9/h1-3,5-6H,4,7-8H2. The SMILES string of the molecule is O=S1(=O)CCCN1c1ccccc1. The monoisotopic (exact) mass is 197 g/mol. The highest BCUT2D eigenvalue weighted by molar-refractivity contribution is 7.93. The summed E-state index contributed by atoms with van der Waals surface area (Å²) in [6.07, 6.45) is 0.733. The van der Waals surface area contributed by atoms with Crippen molar-refractivity contribution in [2.45, 2.75) is 6.42 Å². The third-order valence-electron chi connectivity index (χ3n) is 2.14. The molecule has 0 aliphatic carbocycles. The van der Waals surface area contributed by atoms with E-state index in [-0.39, 0.29) is 5.75 Å². The van der Waals surface area contributed by atoms with E-state index >= 15 is 0 Å². The molecular formula is C9H11NO2S. The van der Waals surface area contributed by atoms with Crippen molar-refractivity contribution >= 4 is 15.7 Å². The number of rotatable bonds is 1. The maximum atomic E-state index is 11.5. The molecule has 0 radical (unpaired) electrons. The summed E-state index contributed by atoms with van der Waals surface area (Å²) in [7, 11) is -3.01. The molecule has 0 amide bonds. The molecule has 1 aliphatic heterocycles. The van der Waals surface area contributed by atoms with Gasteiger partial charge >= 0.3 is 0 Å². The van der Waals surface area contributed by atoms with Crippen molar-refractivity contribution in [1.82, 2.24) is 0 Å².